The lowest BCUT2D eigenvalue weighted by Crippen LogP contribution is -2.16. The highest BCUT2D eigenvalue weighted by atomic mass is 16.4. The van der Waals surface area contributed by atoms with Gasteiger partial charge in [-0.25, -0.2) is 0 Å². The maximum absolute atomic E-state index is 10.8. The molecule has 1 aliphatic carbocycles. The van der Waals surface area contributed by atoms with Crippen LogP contribution in [0.25, 0.3) is 0 Å². The molecule has 1 aliphatic rings. The van der Waals surface area contributed by atoms with Crippen LogP contribution in [0.1, 0.15) is 39.5 Å². The summed E-state index contributed by atoms with van der Waals surface area (Å²) in [6.45, 7) is 4.29. The Labute approximate surface area is 74.0 Å². The predicted octanol–water partition coefficient (Wildman–Crippen LogP) is 2.53. The number of carboxylic acid groups (broad SMARTS) is 1. The van der Waals surface area contributed by atoms with Crippen molar-refractivity contribution in [3.05, 3.63) is 0 Å². The minimum atomic E-state index is -0.585. The maximum Gasteiger partial charge on any atom is 0.306 e. The fourth-order valence-electron chi connectivity index (χ4n) is 1.57. The smallest absolute Gasteiger partial charge is 0.306 e. The zero-order valence-corrected chi connectivity index (χ0v) is 7.92. The number of carboxylic acids is 1. The van der Waals surface area contributed by atoms with Gasteiger partial charge in [-0.3, -0.25) is 4.79 Å². The van der Waals surface area contributed by atoms with Gasteiger partial charge in [-0.2, -0.15) is 0 Å². The second kappa shape index (κ2) is 3.92. The molecule has 0 aromatic heterocycles. The van der Waals surface area contributed by atoms with Gasteiger partial charge in [0.25, 0.3) is 0 Å². The predicted molar refractivity (Wildman–Crippen MR) is 47.9 cm³/mol. The van der Waals surface area contributed by atoms with E-state index < -0.39 is 5.97 Å². The first kappa shape index (κ1) is 9.56. The minimum Gasteiger partial charge on any atom is -0.481 e. The van der Waals surface area contributed by atoms with Gasteiger partial charge in [0.2, 0.25) is 0 Å². The Morgan fingerprint density at radius 2 is 2.00 bits per heavy atom. The van der Waals surface area contributed by atoms with Crippen molar-refractivity contribution in [2.75, 3.05) is 0 Å². The zero-order valence-electron chi connectivity index (χ0n) is 7.92. The van der Waals surface area contributed by atoms with Crippen molar-refractivity contribution in [2.45, 2.75) is 39.5 Å². The van der Waals surface area contributed by atoms with Crippen molar-refractivity contribution in [3.63, 3.8) is 0 Å². The van der Waals surface area contributed by atoms with Crippen LogP contribution in [0.15, 0.2) is 0 Å². The third-order valence-corrected chi connectivity index (χ3v) is 2.56. The summed E-state index contributed by atoms with van der Waals surface area (Å²) in [5.41, 5.74) is 0. The van der Waals surface area contributed by atoms with Gasteiger partial charge in [0.15, 0.2) is 0 Å². The van der Waals surface area contributed by atoms with Crippen molar-refractivity contribution >= 4 is 5.97 Å². The molecule has 0 spiro atoms. The molecule has 1 unspecified atom stereocenters. The highest BCUT2D eigenvalue weighted by molar-refractivity contribution is 5.70. The van der Waals surface area contributed by atoms with Crippen LogP contribution < -0.4 is 0 Å². The third-order valence-electron chi connectivity index (χ3n) is 2.56. The van der Waals surface area contributed by atoms with Crippen LogP contribution in [-0.4, -0.2) is 11.1 Å². The second-order valence-electron chi connectivity index (χ2n) is 4.25. The van der Waals surface area contributed by atoms with Crippen LogP contribution in [0.5, 0.6) is 0 Å². The molecule has 2 nitrogen and oxygen atoms in total. The largest absolute Gasteiger partial charge is 0.481 e. The summed E-state index contributed by atoms with van der Waals surface area (Å²) in [7, 11) is 0. The van der Waals surface area contributed by atoms with Crippen LogP contribution in [0.4, 0.5) is 0 Å². The van der Waals surface area contributed by atoms with E-state index in [-0.39, 0.29) is 5.92 Å². The van der Waals surface area contributed by atoms with Gasteiger partial charge in [0.05, 0.1) is 5.92 Å². The highest BCUT2D eigenvalue weighted by Crippen LogP contribution is 2.39. The molecule has 1 fully saturated rings. The Bertz CT molecular complexity index is 159. The molecule has 0 amide bonds. The number of aliphatic carboxylic acids is 1. The molecule has 0 bridgehead atoms. The van der Waals surface area contributed by atoms with E-state index in [9.17, 15) is 4.79 Å². The van der Waals surface area contributed by atoms with Crippen molar-refractivity contribution in [1.82, 2.24) is 0 Å². The second-order valence-corrected chi connectivity index (χ2v) is 4.25. The quantitative estimate of drug-likeness (QED) is 0.688. The van der Waals surface area contributed by atoms with Gasteiger partial charge >= 0.3 is 5.97 Å². The summed E-state index contributed by atoms with van der Waals surface area (Å²) in [6, 6.07) is 0. The highest BCUT2D eigenvalue weighted by Gasteiger charge is 2.35. The van der Waals surface area contributed by atoms with Crippen LogP contribution in [0.3, 0.4) is 0 Å². The van der Waals surface area contributed by atoms with Gasteiger partial charge in [0.1, 0.15) is 0 Å². The molecule has 0 saturated heterocycles. The molecule has 1 atom stereocenters. The lowest BCUT2D eigenvalue weighted by molar-refractivity contribution is -0.142. The molecule has 2 heteroatoms. The Morgan fingerprint density at radius 3 is 2.33 bits per heavy atom. The van der Waals surface area contributed by atoms with Crippen molar-refractivity contribution < 1.29 is 9.90 Å². The molecule has 1 rings (SSSR count). The van der Waals surface area contributed by atoms with E-state index in [0.717, 1.165) is 25.7 Å². The first-order chi connectivity index (χ1) is 5.61. The molecule has 0 radical (unpaired) electrons. The van der Waals surface area contributed by atoms with Gasteiger partial charge in [-0.15, -0.1) is 0 Å². The Morgan fingerprint density at radius 1 is 1.42 bits per heavy atom. The Balaban J connectivity index is 2.28. The van der Waals surface area contributed by atoms with Crippen molar-refractivity contribution in [1.29, 1.82) is 0 Å². The zero-order chi connectivity index (χ0) is 9.14. The van der Waals surface area contributed by atoms with E-state index in [1.807, 2.05) is 0 Å². The maximum atomic E-state index is 10.8. The topological polar surface area (TPSA) is 37.3 Å². The van der Waals surface area contributed by atoms with Crippen LogP contribution in [0, 0.1) is 17.8 Å². The van der Waals surface area contributed by atoms with E-state index in [2.05, 4.69) is 13.8 Å². The van der Waals surface area contributed by atoms with E-state index in [4.69, 9.17) is 5.11 Å². The molecular formula is C10H18O2. The summed E-state index contributed by atoms with van der Waals surface area (Å²) in [5, 5.41) is 8.90. The van der Waals surface area contributed by atoms with E-state index in [1.54, 1.807) is 0 Å². The number of hydrogen-bond donors (Lipinski definition) is 1. The summed E-state index contributed by atoms with van der Waals surface area (Å²) in [5.74, 6) is 0.498. The fourth-order valence-corrected chi connectivity index (χ4v) is 1.57. The molecule has 0 aromatic carbocycles. The molecule has 70 valence electrons. The first-order valence-corrected chi connectivity index (χ1v) is 4.84. The molecule has 12 heavy (non-hydrogen) atoms. The summed E-state index contributed by atoms with van der Waals surface area (Å²) >= 11 is 0. The molecule has 1 N–H and O–H groups in total. The van der Waals surface area contributed by atoms with Gasteiger partial charge in [-0.1, -0.05) is 20.3 Å². The standard InChI is InChI=1S/C10H18O2/c1-7(2)3-6-9(10(11)12)8-4-5-8/h7-9H,3-6H2,1-2H3,(H,11,12). The average molecular weight is 170 g/mol. The van der Waals surface area contributed by atoms with Gasteiger partial charge in [-0.05, 0) is 31.1 Å². The lowest BCUT2D eigenvalue weighted by Gasteiger charge is -2.11. The fraction of sp³-hybridized carbons (Fsp3) is 0.900. The molecule has 0 aromatic rings. The number of hydrogen-bond acceptors (Lipinski definition) is 1. The van der Waals surface area contributed by atoms with Crippen LogP contribution in [0.2, 0.25) is 0 Å². The van der Waals surface area contributed by atoms with Gasteiger partial charge < -0.3 is 5.11 Å². The molecule has 0 heterocycles. The first-order valence-electron chi connectivity index (χ1n) is 4.84. The Kier molecular flexibility index (Phi) is 3.12. The average Bonchev–Trinajstić information content (AvgIpc) is 2.69. The number of rotatable bonds is 5. The van der Waals surface area contributed by atoms with E-state index in [1.165, 1.54) is 0 Å². The van der Waals surface area contributed by atoms with Gasteiger partial charge in [0, 0.05) is 0 Å². The Hall–Kier alpha value is -0.530. The molecule has 1 saturated carbocycles. The van der Waals surface area contributed by atoms with Crippen LogP contribution in [-0.2, 0) is 4.79 Å². The summed E-state index contributed by atoms with van der Waals surface area (Å²) < 4.78 is 0. The third kappa shape index (κ3) is 2.84. The van der Waals surface area contributed by atoms with E-state index >= 15 is 0 Å². The normalized spacial score (nSPS) is 19.6. The molecular weight excluding hydrogens is 152 g/mol. The number of carbonyl (C=O) groups is 1. The van der Waals surface area contributed by atoms with Crippen molar-refractivity contribution in [2.24, 2.45) is 17.8 Å². The monoisotopic (exact) mass is 170 g/mol. The lowest BCUT2D eigenvalue weighted by atomic mass is 9.94. The summed E-state index contributed by atoms with van der Waals surface area (Å²) in [6.07, 6.45) is 4.19. The van der Waals surface area contributed by atoms with E-state index in [0.29, 0.717) is 11.8 Å². The minimum absolute atomic E-state index is 0.0487. The van der Waals surface area contributed by atoms with Crippen LogP contribution >= 0.6 is 0 Å². The molecule has 0 aliphatic heterocycles. The SMILES string of the molecule is CC(C)CCC(C(=O)O)C1CC1. The van der Waals surface area contributed by atoms with Crippen molar-refractivity contribution in [3.8, 4) is 0 Å². The summed E-state index contributed by atoms with van der Waals surface area (Å²) in [4.78, 5) is 10.8.